The Morgan fingerprint density at radius 3 is 2.50 bits per heavy atom. The molecule has 2 aliphatic carbocycles. The van der Waals surface area contributed by atoms with E-state index in [-0.39, 0.29) is 17.9 Å². The fourth-order valence-electron chi connectivity index (χ4n) is 3.83. The quantitative estimate of drug-likeness (QED) is 0.791. The minimum atomic E-state index is -0.0761. The van der Waals surface area contributed by atoms with Gasteiger partial charge in [-0.1, -0.05) is 26.2 Å². The Hall–Kier alpha value is -0.570. The molecule has 0 heterocycles. The van der Waals surface area contributed by atoms with Crippen LogP contribution in [0.4, 0.5) is 0 Å². The Kier molecular flexibility index (Phi) is 4.66. The summed E-state index contributed by atoms with van der Waals surface area (Å²) in [7, 11) is 0. The molecule has 2 unspecified atom stereocenters. The van der Waals surface area contributed by atoms with Crippen LogP contribution in [0, 0.1) is 17.3 Å². The van der Waals surface area contributed by atoms with E-state index in [1.807, 2.05) is 0 Å². The summed E-state index contributed by atoms with van der Waals surface area (Å²) < 4.78 is 0. The summed E-state index contributed by atoms with van der Waals surface area (Å²) in [6.07, 6.45) is 8.96. The van der Waals surface area contributed by atoms with Crippen molar-refractivity contribution in [2.75, 3.05) is 13.2 Å². The van der Waals surface area contributed by atoms with E-state index in [0.29, 0.717) is 11.8 Å². The Labute approximate surface area is 110 Å². The number of aliphatic hydroxyl groups excluding tert-OH is 1. The molecule has 104 valence electrons. The van der Waals surface area contributed by atoms with Crippen LogP contribution < -0.4 is 5.32 Å². The molecule has 0 radical (unpaired) electrons. The number of hydrogen-bond donors (Lipinski definition) is 2. The first kappa shape index (κ1) is 13.9. The van der Waals surface area contributed by atoms with Gasteiger partial charge in [-0.25, -0.2) is 0 Å². The molecule has 2 atom stereocenters. The standard InChI is InChI=1S/C15H27NO2/c1-2-15(8-3-4-9-15)14(18)16-10-12-6-5-7-13(12)11-17/h12-13,17H,2-11H2,1H3,(H,16,18). The van der Waals surface area contributed by atoms with Crippen molar-refractivity contribution < 1.29 is 9.90 Å². The van der Waals surface area contributed by atoms with E-state index in [0.717, 1.165) is 38.6 Å². The molecule has 0 aliphatic heterocycles. The van der Waals surface area contributed by atoms with Crippen LogP contribution in [0.25, 0.3) is 0 Å². The molecule has 0 bridgehead atoms. The molecule has 0 aromatic rings. The van der Waals surface area contributed by atoms with Gasteiger partial charge in [0, 0.05) is 18.6 Å². The number of hydrogen-bond acceptors (Lipinski definition) is 2. The highest BCUT2D eigenvalue weighted by Gasteiger charge is 2.39. The Morgan fingerprint density at radius 1 is 1.22 bits per heavy atom. The zero-order valence-electron chi connectivity index (χ0n) is 11.6. The number of rotatable bonds is 5. The highest BCUT2D eigenvalue weighted by molar-refractivity contribution is 5.82. The van der Waals surface area contributed by atoms with Gasteiger partial charge in [-0.05, 0) is 43.9 Å². The van der Waals surface area contributed by atoms with Gasteiger partial charge in [-0.2, -0.15) is 0 Å². The molecular formula is C15H27NO2. The van der Waals surface area contributed by atoms with E-state index in [1.165, 1.54) is 19.3 Å². The van der Waals surface area contributed by atoms with E-state index in [2.05, 4.69) is 12.2 Å². The van der Waals surface area contributed by atoms with Crippen molar-refractivity contribution >= 4 is 5.91 Å². The maximum absolute atomic E-state index is 12.4. The number of carbonyl (C=O) groups is 1. The normalized spacial score (nSPS) is 30.6. The molecule has 0 saturated heterocycles. The van der Waals surface area contributed by atoms with Crippen LogP contribution >= 0.6 is 0 Å². The Bertz CT molecular complexity index is 284. The molecule has 0 aromatic carbocycles. The molecule has 2 aliphatic rings. The maximum Gasteiger partial charge on any atom is 0.226 e. The molecule has 18 heavy (non-hydrogen) atoms. The van der Waals surface area contributed by atoms with Gasteiger partial charge < -0.3 is 10.4 Å². The van der Waals surface area contributed by atoms with Crippen LogP contribution in [0.15, 0.2) is 0 Å². The summed E-state index contributed by atoms with van der Waals surface area (Å²) in [4.78, 5) is 12.4. The first-order chi connectivity index (χ1) is 8.72. The van der Waals surface area contributed by atoms with Gasteiger partial charge in [0.1, 0.15) is 0 Å². The van der Waals surface area contributed by atoms with E-state index in [9.17, 15) is 9.90 Å². The van der Waals surface area contributed by atoms with Crippen LogP contribution in [-0.2, 0) is 4.79 Å². The third-order valence-corrected chi connectivity index (χ3v) is 5.29. The summed E-state index contributed by atoms with van der Waals surface area (Å²) in [5.74, 6) is 1.17. The molecule has 0 spiro atoms. The number of aliphatic hydroxyl groups is 1. The SMILES string of the molecule is CCC1(C(=O)NCC2CCCC2CO)CCCC1. The summed E-state index contributed by atoms with van der Waals surface area (Å²) in [5, 5.41) is 12.5. The second-order valence-corrected chi connectivity index (χ2v) is 6.18. The first-order valence-electron chi connectivity index (χ1n) is 7.61. The zero-order chi connectivity index (χ0) is 13.0. The van der Waals surface area contributed by atoms with E-state index < -0.39 is 0 Å². The van der Waals surface area contributed by atoms with Crippen molar-refractivity contribution in [2.24, 2.45) is 17.3 Å². The van der Waals surface area contributed by atoms with Crippen molar-refractivity contribution in [1.82, 2.24) is 5.32 Å². The fourth-order valence-corrected chi connectivity index (χ4v) is 3.83. The second kappa shape index (κ2) is 6.05. The number of carbonyl (C=O) groups excluding carboxylic acids is 1. The van der Waals surface area contributed by atoms with E-state index in [1.54, 1.807) is 0 Å². The van der Waals surface area contributed by atoms with Crippen molar-refractivity contribution in [2.45, 2.75) is 58.3 Å². The summed E-state index contributed by atoms with van der Waals surface area (Å²) >= 11 is 0. The monoisotopic (exact) mass is 253 g/mol. The first-order valence-corrected chi connectivity index (χ1v) is 7.61. The molecule has 2 N–H and O–H groups in total. The van der Waals surface area contributed by atoms with Crippen LogP contribution in [0.3, 0.4) is 0 Å². The van der Waals surface area contributed by atoms with Crippen molar-refractivity contribution in [3.05, 3.63) is 0 Å². The summed E-state index contributed by atoms with van der Waals surface area (Å²) in [6.45, 7) is 3.18. The van der Waals surface area contributed by atoms with Crippen LogP contribution in [0.2, 0.25) is 0 Å². The molecular weight excluding hydrogens is 226 g/mol. The minimum absolute atomic E-state index is 0.0761. The maximum atomic E-state index is 12.4. The average molecular weight is 253 g/mol. The smallest absolute Gasteiger partial charge is 0.226 e. The van der Waals surface area contributed by atoms with Gasteiger partial charge in [-0.15, -0.1) is 0 Å². The van der Waals surface area contributed by atoms with Gasteiger partial charge in [0.2, 0.25) is 5.91 Å². The lowest BCUT2D eigenvalue weighted by Crippen LogP contribution is -2.41. The highest BCUT2D eigenvalue weighted by Crippen LogP contribution is 2.41. The molecule has 0 aromatic heterocycles. The third-order valence-electron chi connectivity index (χ3n) is 5.29. The van der Waals surface area contributed by atoms with Gasteiger partial charge in [-0.3, -0.25) is 4.79 Å². The van der Waals surface area contributed by atoms with Crippen LogP contribution in [0.1, 0.15) is 58.3 Å². The lowest BCUT2D eigenvalue weighted by molar-refractivity contribution is -0.131. The lowest BCUT2D eigenvalue weighted by Gasteiger charge is -2.27. The predicted octanol–water partition coefficient (Wildman–Crippen LogP) is 2.48. The molecule has 3 heteroatoms. The number of amides is 1. The van der Waals surface area contributed by atoms with E-state index in [4.69, 9.17) is 0 Å². The van der Waals surface area contributed by atoms with Gasteiger partial charge in [0.25, 0.3) is 0 Å². The van der Waals surface area contributed by atoms with Crippen molar-refractivity contribution in [1.29, 1.82) is 0 Å². The molecule has 2 rings (SSSR count). The average Bonchev–Trinajstić information content (AvgIpc) is 3.05. The highest BCUT2D eigenvalue weighted by atomic mass is 16.3. The fraction of sp³-hybridized carbons (Fsp3) is 0.933. The van der Waals surface area contributed by atoms with Crippen molar-refractivity contribution in [3.8, 4) is 0 Å². The van der Waals surface area contributed by atoms with Crippen molar-refractivity contribution in [3.63, 3.8) is 0 Å². The molecule has 2 saturated carbocycles. The molecule has 1 amide bonds. The van der Waals surface area contributed by atoms with Gasteiger partial charge in [0.05, 0.1) is 0 Å². The Morgan fingerprint density at radius 2 is 1.89 bits per heavy atom. The van der Waals surface area contributed by atoms with Gasteiger partial charge in [0.15, 0.2) is 0 Å². The topological polar surface area (TPSA) is 49.3 Å². The van der Waals surface area contributed by atoms with Crippen LogP contribution in [0.5, 0.6) is 0 Å². The summed E-state index contributed by atoms with van der Waals surface area (Å²) in [5.41, 5.74) is -0.0761. The third kappa shape index (κ3) is 2.71. The predicted molar refractivity (Wildman–Crippen MR) is 72.1 cm³/mol. The van der Waals surface area contributed by atoms with E-state index >= 15 is 0 Å². The zero-order valence-corrected chi connectivity index (χ0v) is 11.6. The largest absolute Gasteiger partial charge is 0.396 e. The van der Waals surface area contributed by atoms with Gasteiger partial charge >= 0.3 is 0 Å². The minimum Gasteiger partial charge on any atom is -0.396 e. The molecule has 3 nitrogen and oxygen atoms in total. The summed E-state index contributed by atoms with van der Waals surface area (Å²) in [6, 6.07) is 0. The lowest BCUT2D eigenvalue weighted by atomic mass is 9.82. The second-order valence-electron chi connectivity index (χ2n) is 6.18. The molecule has 2 fully saturated rings. The number of nitrogens with one attached hydrogen (secondary N) is 1. The Balaban J connectivity index is 1.84. The van der Waals surface area contributed by atoms with Crippen LogP contribution in [-0.4, -0.2) is 24.2 Å².